The van der Waals surface area contributed by atoms with Crippen molar-refractivity contribution in [3.8, 4) is 0 Å². The van der Waals surface area contributed by atoms with Crippen LogP contribution in [0.5, 0.6) is 0 Å². The Morgan fingerprint density at radius 3 is 2.35 bits per heavy atom. The lowest BCUT2D eigenvalue weighted by Gasteiger charge is -2.06. The molecule has 0 aliphatic rings. The minimum Gasteiger partial charge on any atom is -0.377 e. The van der Waals surface area contributed by atoms with Gasteiger partial charge in [-0.05, 0) is 24.1 Å². The number of rotatable bonds is 9. The van der Waals surface area contributed by atoms with Gasteiger partial charge in [-0.1, -0.05) is 51.0 Å². The Balaban J connectivity index is 2.20. The number of benzene rings is 1. The molecule has 2 heteroatoms. The minimum atomic E-state index is 0.741. The Morgan fingerprint density at radius 2 is 1.71 bits per heavy atom. The lowest BCUT2D eigenvalue weighted by atomic mass is 10.1. The second-order valence-corrected chi connectivity index (χ2v) is 4.36. The maximum Gasteiger partial charge on any atom is 0.0716 e. The van der Waals surface area contributed by atoms with E-state index in [4.69, 9.17) is 4.74 Å². The van der Waals surface area contributed by atoms with Crippen molar-refractivity contribution >= 4 is 0 Å². The predicted molar refractivity (Wildman–Crippen MR) is 73.0 cm³/mol. The van der Waals surface area contributed by atoms with E-state index in [0.717, 1.165) is 26.3 Å². The summed E-state index contributed by atoms with van der Waals surface area (Å²) < 4.78 is 5.63. The fourth-order valence-corrected chi connectivity index (χ4v) is 1.67. The van der Waals surface area contributed by atoms with Gasteiger partial charge in [-0.15, -0.1) is 0 Å². The van der Waals surface area contributed by atoms with Gasteiger partial charge in [-0.2, -0.15) is 0 Å². The third-order valence-electron chi connectivity index (χ3n) is 2.76. The summed E-state index contributed by atoms with van der Waals surface area (Å²) in [7, 11) is 0. The topological polar surface area (TPSA) is 21.3 Å². The van der Waals surface area contributed by atoms with Gasteiger partial charge in [0.05, 0.1) is 6.61 Å². The molecule has 0 atom stereocenters. The van der Waals surface area contributed by atoms with Crippen molar-refractivity contribution in [2.24, 2.45) is 0 Å². The van der Waals surface area contributed by atoms with Crippen molar-refractivity contribution in [1.29, 1.82) is 0 Å². The number of hydrogen-bond donors (Lipinski definition) is 1. The SMILES string of the molecule is CCCCCOCc1ccc(CNCC)cc1. The van der Waals surface area contributed by atoms with Crippen molar-refractivity contribution in [3.05, 3.63) is 35.4 Å². The van der Waals surface area contributed by atoms with Gasteiger partial charge in [-0.25, -0.2) is 0 Å². The van der Waals surface area contributed by atoms with Crippen LogP contribution >= 0.6 is 0 Å². The molecule has 0 aliphatic carbocycles. The summed E-state index contributed by atoms with van der Waals surface area (Å²) in [6.45, 7) is 7.93. The van der Waals surface area contributed by atoms with E-state index < -0.39 is 0 Å². The molecule has 17 heavy (non-hydrogen) atoms. The minimum absolute atomic E-state index is 0.741. The first-order chi connectivity index (χ1) is 8.36. The summed E-state index contributed by atoms with van der Waals surface area (Å²) >= 11 is 0. The van der Waals surface area contributed by atoms with Gasteiger partial charge in [0, 0.05) is 13.2 Å². The summed E-state index contributed by atoms with van der Waals surface area (Å²) in [5, 5.41) is 3.32. The molecular weight excluding hydrogens is 210 g/mol. The standard InChI is InChI=1S/C15H25NO/c1-3-5-6-11-17-13-15-9-7-14(8-10-15)12-16-4-2/h7-10,16H,3-6,11-13H2,1-2H3. The summed E-state index contributed by atoms with van der Waals surface area (Å²) in [6.07, 6.45) is 3.69. The van der Waals surface area contributed by atoms with Crippen LogP contribution in [0.25, 0.3) is 0 Å². The molecular formula is C15H25NO. The molecule has 0 heterocycles. The van der Waals surface area contributed by atoms with Crippen LogP contribution in [0.3, 0.4) is 0 Å². The molecule has 0 saturated heterocycles. The zero-order valence-electron chi connectivity index (χ0n) is 11.2. The monoisotopic (exact) mass is 235 g/mol. The average molecular weight is 235 g/mol. The second kappa shape index (κ2) is 9.20. The molecule has 0 amide bonds. The van der Waals surface area contributed by atoms with Crippen LogP contribution in [0.1, 0.15) is 44.2 Å². The lowest BCUT2D eigenvalue weighted by molar-refractivity contribution is 0.117. The lowest BCUT2D eigenvalue weighted by Crippen LogP contribution is -2.11. The molecule has 0 aromatic heterocycles. The Bertz CT molecular complexity index is 281. The van der Waals surface area contributed by atoms with Crippen LogP contribution in [0.15, 0.2) is 24.3 Å². The Labute approximate surface area is 105 Å². The van der Waals surface area contributed by atoms with E-state index in [1.807, 2.05) is 0 Å². The van der Waals surface area contributed by atoms with Crippen LogP contribution in [0.4, 0.5) is 0 Å². The van der Waals surface area contributed by atoms with Crippen molar-refractivity contribution in [2.45, 2.75) is 46.3 Å². The molecule has 0 aliphatic heterocycles. The molecule has 0 spiro atoms. The highest BCUT2D eigenvalue weighted by molar-refractivity contribution is 5.21. The van der Waals surface area contributed by atoms with Crippen LogP contribution in [0.2, 0.25) is 0 Å². The third kappa shape index (κ3) is 6.44. The molecule has 0 saturated carbocycles. The molecule has 96 valence electrons. The first-order valence-electron chi connectivity index (χ1n) is 6.73. The van der Waals surface area contributed by atoms with Crippen molar-refractivity contribution < 1.29 is 4.74 Å². The molecule has 0 radical (unpaired) electrons. The van der Waals surface area contributed by atoms with E-state index in [9.17, 15) is 0 Å². The largest absolute Gasteiger partial charge is 0.377 e. The molecule has 0 fully saturated rings. The zero-order valence-corrected chi connectivity index (χ0v) is 11.2. The van der Waals surface area contributed by atoms with Crippen LogP contribution in [0, 0.1) is 0 Å². The highest BCUT2D eigenvalue weighted by atomic mass is 16.5. The van der Waals surface area contributed by atoms with Crippen molar-refractivity contribution in [1.82, 2.24) is 5.32 Å². The van der Waals surface area contributed by atoms with E-state index in [0.29, 0.717) is 0 Å². The molecule has 1 N–H and O–H groups in total. The van der Waals surface area contributed by atoms with E-state index in [2.05, 4.69) is 43.4 Å². The van der Waals surface area contributed by atoms with Crippen LogP contribution in [-0.4, -0.2) is 13.2 Å². The number of hydrogen-bond acceptors (Lipinski definition) is 2. The van der Waals surface area contributed by atoms with Crippen LogP contribution < -0.4 is 5.32 Å². The van der Waals surface area contributed by atoms with Gasteiger partial charge in [0.1, 0.15) is 0 Å². The van der Waals surface area contributed by atoms with E-state index in [1.165, 1.54) is 30.4 Å². The van der Waals surface area contributed by atoms with Crippen molar-refractivity contribution in [3.63, 3.8) is 0 Å². The molecule has 1 rings (SSSR count). The third-order valence-corrected chi connectivity index (χ3v) is 2.76. The maximum atomic E-state index is 5.63. The van der Waals surface area contributed by atoms with Gasteiger partial charge in [0.15, 0.2) is 0 Å². The van der Waals surface area contributed by atoms with Gasteiger partial charge in [0.2, 0.25) is 0 Å². The summed E-state index contributed by atoms with van der Waals surface area (Å²) in [6, 6.07) is 8.67. The molecule has 0 bridgehead atoms. The van der Waals surface area contributed by atoms with Crippen LogP contribution in [-0.2, 0) is 17.9 Å². The Kier molecular flexibility index (Phi) is 7.69. The van der Waals surface area contributed by atoms with E-state index in [1.54, 1.807) is 0 Å². The predicted octanol–water partition coefficient (Wildman–Crippen LogP) is 3.50. The first kappa shape index (κ1) is 14.2. The highest BCUT2D eigenvalue weighted by Crippen LogP contribution is 2.06. The van der Waals surface area contributed by atoms with Gasteiger partial charge < -0.3 is 10.1 Å². The Hall–Kier alpha value is -0.860. The van der Waals surface area contributed by atoms with E-state index >= 15 is 0 Å². The molecule has 1 aromatic rings. The van der Waals surface area contributed by atoms with Gasteiger partial charge in [0.25, 0.3) is 0 Å². The van der Waals surface area contributed by atoms with Crippen molar-refractivity contribution in [2.75, 3.05) is 13.2 Å². The number of nitrogens with one attached hydrogen (secondary N) is 1. The van der Waals surface area contributed by atoms with E-state index in [-0.39, 0.29) is 0 Å². The summed E-state index contributed by atoms with van der Waals surface area (Å²) in [5.41, 5.74) is 2.60. The number of ether oxygens (including phenoxy) is 1. The molecule has 1 aromatic carbocycles. The van der Waals surface area contributed by atoms with Gasteiger partial charge in [-0.3, -0.25) is 0 Å². The quantitative estimate of drug-likeness (QED) is 0.661. The maximum absolute atomic E-state index is 5.63. The smallest absolute Gasteiger partial charge is 0.0716 e. The first-order valence-corrected chi connectivity index (χ1v) is 6.73. The highest BCUT2D eigenvalue weighted by Gasteiger charge is 1.95. The summed E-state index contributed by atoms with van der Waals surface area (Å²) in [5.74, 6) is 0. The number of unbranched alkanes of at least 4 members (excludes halogenated alkanes) is 2. The fourth-order valence-electron chi connectivity index (χ4n) is 1.67. The second-order valence-electron chi connectivity index (χ2n) is 4.36. The Morgan fingerprint density at radius 1 is 1.00 bits per heavy atom. The fraction of sp³-hybridized carbons (Fsp3) is 0.600. The molecule has 2 nitrogen and oxygen atoms in total. The summed E-state index contributed by atoms with van der Waals surface area (Å²) in [4.78, 5) is 0. The van der Waals surface area contributed by atoms with Gasteiger partial charge >= 0.3 is 0 Å². The molecule has 0 unspecified atom stereocenters. The zero-order chi connectivity index (χ0) is 12.3. The average Bonchev–Trinajstić information content (AvgIpc) is 2.37. The normalized spacial score (nSPS) is 10.7.